The highest BCUT2D eigenvalue weighted by molar-refractivity contribution is 5.64. The van der Waals surface area contributed by atoms with Crippen LogP contribution in [0.5, 0.6) is 0 Å². The second kappa shape index (κ2) is 5.99. The van der Waals surface area contributed by atoms with Crippen molar-refractivity contribution in [3.05, 3.63) is 33.9 Å². The Balaban J connectivity index is 2.34. The van der Waals surface area contributed by atoms with Gasteiger partial charge in [0.05, 0.1) is 17.6 Å². The van der Waals surface area contributed by atoms with Gasteiger partial charge < -0.3 is 15.7 Å². The van der Waals surface area contributed by atoms with Crippen molar-refractivity contribution in [3.63, 3.8) is 0 Å². The van der Waals surface area contributed by atoms with Crippen molar-refractivity contribution in [2.75, 3.05) is 24.6 Å². The van der Waals surface area contributed by atoms with Crippen molar-refractivity contribution in [2.45, 2.75) is 25.3 Å². The summed E-state index contributed by atoms with van der Waals surface area (Å²) in [6.45, 7) is 1.48. The third kappa shape index (κ3) is 3.02. The number of aliphatic hydroxyl groups is 1. The van der Waals surface area contributed by atoms with Gasteiger partial charge in [-0.15, -0.1) is 0 Å². The van der Waals surface area contributed by atoms with E-state index in [2.05, 4.69) is 4.90 Å². The molecule has 6 heteroatoms. The quantitative estimate of drug-likeness (QED) is 0.637. The molecule has 0 aromatic heterocycles. The lowest BCUT2D eigenvalue weighted by molar-refractivity contribution is -0.384. The van der Waals surface area contributed by atoms with Gasteiger partial charge in [-0.05, 0) is 30.9 Å². The van der Waals surface area contributed by atoms with Crippen molar-refractivity contribution in [1.82, 2.24) is 0 Å². The maximum absolute atomic E-state index is 11.2. The maximum Gasteiger partial charge on any atom is 0.292 e. The van der Waals surface area contributed by atoms with Crippen LogP contribution in [0.15, 0.2) is 18.2 Å². The predicted octanol–water partition coefficient (Wildman–Crippen LogP) is 1.58. The molecule has 6 nitrogen and oxygen atoms in total. The molecule has 0 unspecified atom stereocenters. The number of nitro groups is 1. The highest BCUT2D eigenvalue weighted by Gasteiger charge is 2.22. The van der Waals surface area contributed by atoms with E-state index in [1.54, 1.807) is 12.1 Å². The number of anilines is 1. The lowest BCUT2D eigenvalue weighted by atomic mass is 10.0. The molecule has 0 aliphatic carbocycles. The van der Waals surface area contributed by atoms with E-state index >= 15 is 0 Å². The molecule has 1 aromatic carbocycles. The fourth-order valence-corrected chi connectivity index (χ4v) is 2.42. The lowest BCUT2D eigenvalue weighted by Crippen LogP contribution is -2.30. The van der Waals surface area contributed by atoms with Gasteiger partial charge in [-0.2, -0.15) is 0 Å². The summed E-state index contributed by atoms with van der Waals surface area (Å²) in [5, 5.41) is 20.2. The van der Waals surface area contributed by atoms with E-state index in [9.17, 15) is 10.1 Å². The molecule has 1 aromatic rings. The first-order valence-corrected chi connectivity index (χ1v) is 6.53. The largest absolute Gasteiger partial charge is 0.394 e. The number of nitrogens with two attached hydrogens (primary N) is 1. The Morgan fingerprint density at radius 1 is 1.37 bits per heavy atom. The fraction of sp³-hybridized carbons (Fsp3) is 0.538. The number of rotatable bonds is 4. The Bertz CT molecular complexity index is 458. The zero-order valence-electron chi connectivity index (χ0n) is 10.8. The van der Waals surface area contributed by atoms with E-state index in [1.807, 2.05) is 0 Å². The van der Waals surface area contributed by atoms with Gasteiger partial charge in [0.2, 0.25) is 0 Å². The minimum absolute atomic E-state index is 0.0725. The number of aliphatic hydroxyl groups excluding tert-OH is 1. The Morgan fingerprint density at radius 3 is 2.63 bits per heavy atom. The van der Waals surface area contributed by atoms with Crippen LogP contribution in [0.3, 0.4) is 0 Å². The number of piperidine rings is 1. The topological polar surface area (TPSA) is 92.6 Å². The summed E-state index contributed by atoms with van der Waals surface area (Å²) < 4.78 is 0. The van der Waals surface area contributed by atoms with Crippen LogP contribution in [-0.4, -0.2) is 29.7 Å². The van der Waals surface area contributed by atoms with Crippen LogP contribution in [0.2, 0.25) is 0 Å². The number of hydrogen-bond donors (Lipinski definition) is 2. The van der Waals surface area contributed by atoms with Crippen LogP contribution in [0.1, 0.15) is 30.9 Å². The Morgan fingerprint density at radius 2 is 2.05 bits per heavy atom. The lowest BCUT2D eigenvalue weighted by Gasteiger charge is -2.28. The molecule has 0 bridgehead atoms. The minimum Gasteiger partial charge on any atom is -0.394 e. The molecule has 0 saturated carbocycles. The van der Waals surface area contributed by atoms with E-state index in [0.717, 1.165) is 25.9 Å². The summed E-state index contributed by atoms with van der Waals surface area (Å²) in [6.07, 6.45) is 3.31. The first-order chi connectivity index (χ1) is 9.13. The average Bonchev–Trinajstić information content (AvgIpc) is 2.46. The zero-order valence-corrected chi connectivity index (χ0v) is 10.8. The smallest absolute Gasteiger partial charge is 0.292 e. The van der Waals surface area contributed by atoms with Gasteiger partial charge in [0, 0.05) is 19.2 Å². The molecule has 1 atom stereocenters. The average molecular weight is 265 g/mol. The summed E-state index contributed by atoms with van der Waals surface area (Å²) in [5.74, 6) is 0. The normalized spacial score (nSPS) is 17.3. The maximum atomic E-state index is 11.2. The Labute approximate surface area is 112 Å². The third-order valence-electron chi connectivity index (χ3n) is 3.52. The van der Waals surface area contributed by atoms with Gasteiger partial charge in [-0.25, -0.2) is 0 Å². The summed E-state index contributed by atoms with van der Waals surface area (Å²) in [6, 6.07) is 4.41. The molecule has 0 amide bonds. The Kier molecular flexibility index (Phi) is 4.34. The molecule has 1 saturated heterocycles. The zero-order chi connectivity index (χ0) is 13.8. The first kappa shape index (κ1) is 13.8. The molecule has 1 fully saturated rings. The van der Waals surface area contributed by atoms with Crippen LogP contribution >= 0.6 is 0 Å². The van der Waals surface area contributed by atoms with Crippen molar-refractivity contribution in [1.29, 1.82) is 0 Å². The van der Waals surface area contributed by atoms with Crippen molar-refractivity contribution in [2.24, 2.45) is 5.73 Å². The molecule has 104 valence electrons. The summed E-state index contributed by atoms with van der Waals surface area (Å²) in [7, 11) is 0. The van der Waals surface area contributed by atoms with Gasteiger partial charge in [-0.1, -0.05) is 6.07 Å². The van der Waals surface area contributed by atoms with Gasteiger partial charge in [0.1, 0.15) is 5.69 Å². The van der Waals surface area contributed by atoms with Crippen LogP contribution < -0.4 is 10.6 Å². The molecule has 0 radical (unpaired) electrons. The van der Waals surface area contributed by atoms with E-state index in [1.165, 1.54) is 12.5 Å². The minimum atomic E-state index is -0.575. The molecule has 1 aliphatic rings. The number of nitro benzene ring substituents is 1. The number of benzene rings is 1. The molecule has 19 heavy (non-hydrogen) atoms. The van der Waals surface area contributed by atoms with Crippen molar-refractivity contribution < 1.29 is 10.0 Å². The fourth-order valence-electron chi connectivity index (χ4n) is 2.42. The molecule has 1 aliphatic heterocycles. The molecular formula is C13H19N3O3. The van der Waals surface area contributed by atoms with Crippen molar-refractivity contribution in [3.8, 4) is 0 Å². The Hall–Kier alpha value is -1.66. The van der Waals surface area contributed by atoms with E-state index in [-0.39, 0.29) is 17.2 Å². The summed E-state index contributed by atoms with van der Waals surface area (Å²) >= 11 is 0. The van der Waals surface area contributed by atoms with Crippen LogP contribution in [0.4, 0.5) is 11.4 Å². The molecule has 1 heterocycles. The van der Waals surface area contributed by atoms with Gasteiger partial charge >= 0.3 is 0 Å². The molecule has 0 spiro atoms. The SMILES string of the molecule is N[C@@H](CO)c1ccc(N2CCCCC2)c([N+](=O)[O-])c1. The highest BCUT2D eigenvalue weighted by Crippen LogP contribution is 2.32. The number of nitrogens with zero attached hydrogens (tertiary/aromatic N) is 2. The van der Waals surface area contributed by atoms with E-state index in [4.69, 9.17) is 10.8 Å². The monoisotopic (exact) mass is 265 g/mol. The van der Waals surface area contributed by atoms with Crippen LogP contribution in [0.25, 0.3) is 0 Å². The molecule has 3 N–H and O–H groups in total. The van der Waals surface area contributed by atoms with E-state index < -0.39 is 6.04 Å². The summed E-state index contributed by atoms with van der Waals surface area (Å²) in [4.78, 5) is 12.9. The molecular weight excluding hydrogens is 246 g/mol. The van der Waals surface area contributed by atoms with Gasteiger partial charge in [0.15, 0.2) is 0 Å². The predicted molar refractivity (Wildman–Crippen MR) is 73.2 cm³/mol. The third-order valence-corrected chi connectivity index (χ3v) is 3.52. The second-order valence-electron chi connectivity index (χ2n) is 4.84. The van der Waals surface area contributed by atoms with Crippen LogP contribution in [0, 0.1) is 10.1 Å². The second-order valence-corrected chi connectivity index (χ2v) is 4.84. The summed E-state index contributed by atoms with van der Waals surface area (Å²) in [5.41, 5.74) is 7.02. The van der Waals surface area contributed by atoms with Gasteiger partial charge in [0.25, 0.3) is 5.69 Å². The standard InChI is InChI=1S/C13H19N3O3/c14-11(9-17)10-4-5-12(13(8-10)16(18)19)15-6-2-1-3-7-15/h4-5,8,11,17H,1-3,6-7,9,14H2/t11-/m0/s1. The van der Waals surface area contributed by atoms with E-state index in [0.29, 0.717) is 11.3 Å². The number of hydrogen-bond acceptors (Lipinski definition) is 5. The highest BCUT2D eigenvalue weighted by atomic mass is 16.6. The molecule has 2 rings (SSSR count). The first-order valence-electron chi connectivity index (χ1n) is 6.53. The van der Waals surface area contributed by atoms with Crippen molar-refractivity contribution >= 4 is 11.4 Å². The van der Waals surface area contributed by atoms with Gasteiger partial charge in [-0.3, -0.25) is 10.1 Å². The van der Waals surface area contributed by atoms with Crippen LogP contribution in [-0.2, 0) is 0 Å².